The Morgan fingerprint density at radius 2 is 1.73 bits per heavy atom. The number of hydrogen-bond acceptors (Lipinski definition) is 5. The average molecular weight is 422 g/mol. The zero-order valence-corrected chi connectivity index (χ0v) is 16.7. The predicted octanol–water partition coefficient (Wildman–Crippen LogP) is 5.41. The topological polar surface area (TPSA) is 61.4 Å². The first-order valence-corrected chi connectivity index (χ1v) is 10.2. The molecule has 5 rings (SSSR count). The molecule has 2 aromatic carbocycles. The van der Waals surface area contributed by atoms with Crippen molar-refractivity contribution in [2.24, 2.45) is 0 Å². The van der Waals surface area contributed by atoms with E-state index in [-0.39, 0.29) is 5.25 Å². The van der Waals surface area contributed by atoms with Gasteiger partial charge in [0.1, 0.15) is 17.2 Å². The van der Waals surface area contributed by atoms with Gasteiger partial charge in [0.05, 0.1) is 33.6 Å². The van der Waals surface area contributed by atoms with Crippen molar-refractivity contribution in [2.75, 3.05) is 0 Å². The normalized spacial score (nSPS) is 12.8. The third-order valence-electron chi connectivity index (χ3n) is 4.80. The summed E-state index contributed by atoms with van der Waals surface area (Å²) in [5.41, 5.74) is 2.51. The summed E-state index contributed by atoms with van der Waals surface area (Å²) in [5.74, 6) is 0.304. The van der Waals surface area contributed by atoms with Gasteiger partial charge in [-0.25, -0.2) is 19.6 Å². The Bertz CT molecular complexity index is 1330. The molecule has 0 N–H and O–H groups in total. The number of aromatic nitrogens is 6. The van der Waals surface area contributed by atoms with Crippen LogP contribution in [0.4, 0.5) is 8.78 Å². The van der Waals surface area contributed by atoms with Crippen LogP contribution in [0.2, 0.25) is 0 Å². The minimum atomic E-state index is -2.68. The molecular weight excluding hydrogens is 406 g/mol. The lowest BCUT2D eigenvalue weighted by Crippen LogP contribution is -2.06. The molecule has 6 nitrogen and oxygen atoms in total. The molecule has 3 heterocycles. The molecule has 0 fully saturated rings. The second-order valence-corrected chi connectivity index (χ2v) is 8.00. The fourth-order valence-corrected chi connectivity index (χ4v) is 4.44. The van der Waals surface area contributed by atoms with Crippen LogP contribution in [-0.4, -0.2) is 29.3 Å². The SMILES string of the molecule is CC(Sc1ncnc2c1cnn2-c1ccccc1)c1nc2ccccc2n1C(F)F. The summed E-state index contributed by atoms with van der Waals surface area (Å²) in [5, 5.41) is 5.52. The fourth-order valence-electron chi connectivity index (χ4n) is 3.45. The van der Waals surface area contributed by atoms with Crippen molar-refractivity contribution in [3.8, 4) is 5.69 Å². The molecule has 3 aromatic heterocycles. The first-order chi connectivity index (χ1) is 14.6. The molecule has 0 amide bonds. The van der Waals surface area contributed by atoms with Gasteiger partial charge in [0, 0.05) is 0 Å². The third kappa shape index (κ3) is 3.11. The van der Waals surface area contributed by atoms with Gasteiger partial charge >= 0.3 is 6.55 Å². The molecule has 0 aliphatic heterocycles. The summed E-state index contributed by atoms with van der Waals surface area (Å²) in [6.45, 7) is -0.831. The maximum Gasteiger partial charge on any atom is 0.320 e. The molecule has 1 unspecified atom stereocenters. The first kappa shape index (κ1) is 18.7. The van der Waals surface area contributed by atoms with Crippen molar-refractivity contribution in [1.82, 2.24) is 29.3 Å². The lowest BCUT2D eigenvalue weighted by atomic mass is 10.3. The van der Waals surface area contributed by atoms with Crippen LogP contribution in [0.15, 0.2) is 72.1 Å². The van der Waals surface area contributed by atoms with Gasteiger partial charge in [0.15, 0.2) is 5.65 Å². The number of nitrogens with zero attached hydrogens (tertiary/aromatic N) is 6. The predicted molar refractivity (Wildman–Crippen MR) is 112 cm³/mol. The Morgan fingerprint density at radius 1 is 0.967 bits per heavy atom. The Morgan fingerprint density at radius 3 is 2.53 bits per heavy atom. The van der Waals surface area contributed by atoms with Crippen molar-refractivity contribution < 1.29 is 8.78 Å². The highest BCUT2D eigenvalue weighted by Crippen LogP contribution is 2.39. The van der Waals surface area contributed by atoms with Gasteiger partial charge in [0.2, 0.25) is 0 Å². The number of halogens is 2. The molecule has 5 aromatic rings. The van der Waals surface area contributed by atoms with E-state index in [2.05, 4.69) is 20.1 Å². The molecule has 0 saturated heterocycles. The Hall–Kier alpha value is -3.33. The van der Waals surface area contributed by atoms with Crippen LogP contribution in [-0.2, 0) is 0 Å². The van der Waals surface area contributed by atoms with Gasteiger partial charge in [-0.2, -0.15) is 13.9 Å². The number of rotatable bonds is 5. The first-order valence-electron chi connectivity index (χ1n) is 9.29. The van der Waals surface area contributed by atoms with Crippen molar-refractivity contribution in [2.45, 2.75) is 23.7 Å². The van der Waals surface area contributed by atoms with Gasteiger partial charge in [-0.3, -0.25) is 4.57 Å². The van der Waals surface area contributed by atoms with Crippen molar-refractivity contribution in [3.63, 3.8) is 0 Å². The Kier molecular flexibility index (Phi) is 4.66. The van der Waals surface area contributed by atoms with Crippen LogP contribution >= 0.6 is 11.8 Å². The highest BCUT2D eigenvalue weighted by atomic mass is 32.2. The number of alkyl halides is 2. The Balaban J connectivity index is 1.55. The van der Waals surface area contributed by atoms with Crippen LogP contribution in [0.1, 0.15) is 24.5 Å². The summed E-state index contributed by atoms with van der Waals surface area (Å²) >= 11 is 1.36. The van der Waals surface area contributed by atoms with E-state index in [1.54, 1.807) is 35.1 Å². The quantitative estimate of drug-likeness (QED) is 0.280. The van der Waals surface area contributed by atoms with E-state index in [1.165, 1.54) is 18.1 Å². The average Bonchev–Trinajstić information content (AvgIpc) is 3.37. The minimum Gasteiger partial charge on any atom is -0.269 e. The molecular formula is C21H16F2N6S. The molecule has 0 saturated carbocycles. The van der Waals surface area contributed by atoms with Crippen LogP contribution in [0.25, 0.3) is 27.8 Å². The number of para-hydroxylation sites is 3. The second-order valence-electron chi connectivity index (χ2n) is 6.67. The molecule has 0 aliphatic carbocycles. The van der Waals surface area contributed by atoms with Crippen LogP contribution in [0.5, 0.6) is 0 Å². The zero-order valence-electron chi connectivity index (χ0n) is 15.9. The molecule has 0 bridgehead atoms. The number of hydrogen-bond donors (Lipinski definition) is 0. The summed E-state index contributed by atoms with van der Waals surface area (Å²) in [6, 6.07) is 16.6. The molecule has 9 heteroatoms. The van der Waals surface area contributed by atoms with Crippen molar-refractivity contribution >= 4 is 33.8 Å². The van der Waals surface area contributed by atoms with E-state index < -0.39 is 6.55 Å². The fraction of sp³-hybridized carbons (Fsp3) is 0.143. The number of imidazole rings is 1. The van der Waals surface area contributed by atoms with Crippen LogP contribution in [0.3, 0.4) is 0 Å². The standard InChI is InChI=1S/C21H16F2N6S/c1-13(18-27-16-9-5-6-10-17(16)28(18)21(22)23)30-20-15-11-26-29(19(15)24-12-25-20)14-7-3-2-4-8-14/h2-13,21H,1H3. The summed E-state index contributed by atoms with van der Waals surface area (Å²) < 4.78 is 30.3. The van der Waals surface area contributed by atoms with Crippen LogP contribution in [0, 0.1) is 0 Å². The smallest absolute Gasteiger partial charge is 0.269 e. The maximum atomic E-state index is 13.8. The van der Waals surface area contributed by atoms with Gasteiger partial charge in [-0.1, -0.05) is 42.1 Å². The van der Waals surface area contributed by atoms with E-state index in [1.807, 2.05) is 37.3 Å². The second kappa shape index (κ2) is 7.49. The third-order valence-corrected chi connectivity index (χ3v) is 5.91. The minimum absolute atomic E-state index is 0.304. The van der Waals surface area contributed by atoms with E-state index in [0.717, 1.165) is 15.6 Å². The lowest BCUT2D eigenvalue weighted by molar-refractivity contribution is 0.0715. The van der Waals surface area contributed by atoms with Gasteiger partial charge in [-0.05, 0) is 31.2 Å². The maximum absolute atomic E-state index is 13.8. The van der Waals surface area contributed by atoms with Crippen molar-refractivity contribution in [3.05, 3.63) is 72.9 Å². The lowest BCUT2D eigenvalue weighted by Gasteiger charge is -2.13. The zero-order chi connectivity index (χ0) is 20.7. The molecule has 0 spiro atoms. The highest BCUT2D eigenvalue weighted by Gasteiger charge is 2.24. The number of thioether (sulfide) groups is 1. The molecule has 1 atom stereocenters. The van der Waals surface area contributed by atoms with E-state index >= 15 is 0 Å². The molecule has 0 radical (unpaired) electrons. The Labute approximate surface area is 174 Å². The van der Waals surface area contributed by atoms with Gasteiger partial charge in [-0.15, -0.1) is 0 Å². The molecule has 0 aliphatic rings. The van der Waals surface area contributed by atoms with Gasteiger partial charge in [0.25, 0.3) is 0 Å². The molecule has 150 valence electrons. The monoisotopic (exact) mass is 422 g/mol. The van der Waals surface area contributed by atoms with Crippen molar-refractivity contribution in [1.29, 1.82) is 0 Å². The van der Waals surface area contributed by atoms with E-state index in [9.17, 15) is 8.78 Å². The van der Waals surface area contributed by atoms with Crippen LogP contribution < -0.4 is 0 Å². The van der Waals surface area contributed by atoms with Gasteiger partial charge < -0.3 is 0 Å². The summed E-state index contributed by atoms with van der Waals surface area (Å²) in [7, 11) is 0. The van der Waals surface area contributed by atoms with E-state index in [0.29, 0.717) is 27.5 Å². The molecule has 30 heavy (non-hydrogen) atoms. The highest BCUT2D eigenvalue weighted by molar-refractivity contribution is 7.99. The summed E-state index contributed by atoms with van der Waals surface area (Å²) in [6.07, 6.45) is 3.17. The van der Waals surface area contributed by atoms with E-state index in [4.69, 9.17) is 0 Å². The number of benzene rings is 2. The number of fused-ring (bicyclic) bond motifs is 2. The summed E-state index contributed by atoms with van der Waals surface area (Å²) in [4.78, 5) is 13.2. The largest absolute Gasteiger partial charge is 0.320 e.